The summed E-state index contributed by atoms with van der Waals surface area (Å²) in [5.41, 5.74) is 3.11. The van der Waals surface area contributed by atoms with E-state index in [0.717, 1.165) is 23.5 Å². The third kappa shape index (κ3) is 4.52. The van der Waals surface area contributed by atoms with Gasteiger partial charge in [0.05, 0.1) is 12.2 Å². The summed E-state index contributed by atoms with van der Waals surface area (Å²) in [6.45, 7) is 5.30. The molecule has 0 bridgehead atoms. The summed E-state index contributed by atoms with van der Waals surface area (Å²) >= 11 is 0. The molecule has 2 N–H and O–H groups in total. The smallest absolute Gasteiger partial charge is 0.313 e. The van der Waals surface area contributed by atoms with Crippen molar-refractivity contribution >= 4 is 29.1 Å². The van der Waals surface area contributed by atoms with Crippen LogP contribution in [0.5, 0.6) is 0 Å². The summed E-state index contributed by atoms with van der Waals surface area (Å²) < 4.78 is 1.78. The summed E-state index contributed by atoms with van der Waals surface area (Å²) in [5, 5.41) is 9.47. The molecule has 0 atom stereocenters. The second-order valence-corrected chi connectivity index (χ2v) is 6.56. The van der Waals surface area contributed by atoms with E-state index in [0.29, 0.717) is 31.7 Å². The molecule has 3 amide bonds. The molecular weight excluding hydrogens is 346 g/mol. The Morgan fingerprint density at radius 3 is 2.67 bits per heavy atom. The average molecular weight is 369 g/mol. The predicted octanol–water partition coefficient (Wildman–Crippen LogP) is 1.38. The van der Waals surface area contributed by atoms with Crippen molar-refractivity contribution in [3.63, 3.8) is 0 Å². The second kappa shape index (κ2) is 8.03. The highest BCUT2D eigenvalue weighted by atomic mass is 16.2. The first-order chi connectivity index (χ1) is 12.9. The first-order valence-electron chi connectivity index (χ1n) is 8.95. The largest absolute Gasteiger partial charge is 0.346 e. The molecule has 0 radical (unpaired) electrons. The van der Waals surface area contributed by atoms with Gasteiger partial charge in [-0.25, -0.2) is 0 Å². The van der Waals surface area contributed by atoms with Gasteiger partial charge in [0.25, 0.3) is 0 Å². The van der Waals surface area contributed by atoms with Crippen molar-refractivity contribution in [3.8, 4) is 0 Å². The van der Waals surface area contributed by atoms with Crippen molar-refractivity contribution in [2.45, 2.75) is 33.2 Å². The van der Waals surface area contributed by atoms with Crippen LogP contribution in [0.1, 0.15) is 24.2 Å². The number of rotatable bonds is 5. The highest BCUT2D eigenvalue weighted by Gasteiger charge is 2.22. The van der Waals surface area contributed by atoms with E-state index in [4.69, 9.17) is 0 Å². The zero-order valence-electron chi connectivity index (χ0n) is 15.5. The maximum atomic E-state index is 12.1. The van der Waals surface area contributed by atoms with E-state index < -0.39 is 11.8 Å². The Morgan fingerprint density at radius 2 is 2.00 bits per heavy atom. The van der Waals surface area contributed by atoms with E-state index in [1.54, 1.807) is 27.8 Å². The van der Waals surface area contributed by atoms with E-state index >= 15 is 0 Å². The van der Waals surface area contributed by atoms with Crippen molar-refractivity contribution in [3.05, 3.63) is 41.7 Å². The molecule has 27 heavy (non-hydrogen) atoms. The Kier molecular flexibility index (Phi) is 5.54. The van der Waals surface area contributed by atoms with Gasteiger partial charge in [-0.2, -0.15) is 5.10 Å². The molecule has 2 aromatic rings. The number of aryl methyl sites for hydroxylation is 2. The van der Waals surface area contributed by atoms with Crippen LogP contribution in [-0.4, -0.2) is 40.6 Å². The second-order valence-electron chi connectivity index (χ2n) is 6.56. The molecule has 142 valence electrons. The molecule has 0 aliphatic carbocycles. The molecule has 1 fully saturated rings. The minimum absolute atomic E-state index is 0.0698. The molecule has 8 heteroatoms. The number of benzene rings is 1. The number of carbonyl (C=O) groups is 3. The van der Waals surface area contributed by atoms with Crippen molar-refractivity contribution in [1.29, 1.82) is 0 Å². The van der Waals surface area contributed by atoms with Crippen LogP contribution in [0.3, 0.4) is 0 Å². The van der Waals surface area contributed by atoms with Gasteiger partial charge in [0.15, 0.2) is 0 Å². The van der Waals surface area contributed by atoms with Crippen molar-refractivity contribution < 1.29 is 14.4 Å². The summed E-state index contributed by atoms with van der Waals surface area (Å²) in [5.74, 6) is -1.38. The first-order valence-corrected chi connectivity index (χ1v) is 8.95. The Labute approximate surface area is 157 Å². The van der Waals surface area contributed by atoms with E-state index in [2.05, 4.69) is 15.7 Å². The van der Waals surface area contributed by atoms with Crippen molar-refractivity contribution in [2.75, 3.05) is 23.3 Å². The molecule has 1 aromatic heterocycles. The minimum atomic E-state index is -0.742. The Balaban J connectivity index is 1.53. The number of amides is 3. The lowest BCUT2D eigenvalue weighted by Crippen LogP contribution is -2.37. The molecule has 0 spiro atoms. The van der Waals surface area contributed by atoms with Gasteiger partial charge >= 0.3 is 11.8 Å². The zero-order chi connectivity index (χ0) is 19.4. The first kappa shape index (κ1) is 18.6. The molecule has 1 aliphatic rings. The highest BCUT2D eigenvalue weighted by Crippen LogP contribution is 2.24. The SMILES string of the molecule is Cc1cc(C)n(CCNC(=O)C(=O)Nc2cccc(N3CCCC3=O)c2)n1. The maximum absolute atomic E-state index is 12.1. The molecule has 1 saturated heterocycles. The number of hydrogen-bond donors (Lipinski definition) is 2. The minimum Gasteiger partial charge on any atom is -0.346 e. The van der Waals surface area contributed by atoms with Gasteiger partial charge in [-0.15, -0.1) is 0 Å². The Bertz CT molecular complexity index is 874. The third-order valence-corrected chi connectivity index (χ3v) is 4.41. The normalized spacial score (nSPS) is 13.7. The van der Waals surface area contributed by atoms with E-state index in [-0.39, 0.29) is 5.91 Å². The zero-order valence-corrected chi connectivity index (χ0v) is 15.5. The number of aromatic nitrogens is 2. The summed E-state index contributed by atoms with van der Waals surface area (Å²) in [6, 6.07) is 8.90. The van der Waals surface area contributed by atoms with Gasteiger partial charge in [0.1, 0.15) is 0 Å². The number of nitrogens with zero attached hydrogens (tertiary/aromatic N) is 3. The predicted molar refractivity (Wildman–Crippen MR) is 101 cm³/mol. The van der Waals surface area contributed by atoms with Crippen LogP contribution in [0.15, 0.2) is 30.3 Å². The van der Waals surface area contributed by atoms with Crippen LogP contribution in [0, 0.1) is 13.8 Å². The van der Waals surface area contributed by atoms with Crippen LogP contribution in [0.4, 0.5) is 11.4 Å². The maximum Gasteiger partial charge on any atom is 0.313 e. The van der Waals surface area contributed by atoms with Gasteiger partial charge in [0, 0.05) is 36.6 Å². The van der Waals surface area contributed by atoms with Crippen LogP contribution in [0.2, 0.25) is 0 Å². The highest BCUT2D eigenvalue weighted by molar-refractivity contribution is 6.39. The van der Waals surface area contributed by atoms with E-state index in [9.17, 15) is 14.4 Å². The molecule has 1 aliphatic heterocycles. The van der Waals surface area contributed by atoms with Crippen molar-refractivity contribution in [2.24, 2.45) is 0 Å². The summed E-state index contributed by atoms with van der Waals surface area (Å²) in [6.07, 6.45) is 1.36. The third-order valence-electron chi connectivity index (χ3n) is 4.41. The quantitative estimate of drug-likeness (QED) is 0.778. The fourth-order valence-electron chi connectivity index (χ4n) is 3.12. The number of carbonyl (C=O) groups excluding carboxylic acids is 3. The fourth-order valence-corrected chi connectivity index (χ4v) is 3.12. The number of anilines is 2. The van der Waals surface area contributed by atoms with E-state index in [1.807, 2.05) is 26.0 Å². The summed E-state index contributed by atoms with van der Waals surface area (Å²) in [4.78, 5) is 37.6. The molecule has 0 saturated carbocycles. The number of nitrogens with one attached hydrogen (secondary N) is 2. The molecule has 0 unspecified atom stereocenters. The Morgan fingerprint density at radius 1 is 1.19 bits per heavy atom. The van der Waals surface area contributed by atoms with Crippen LogP contribution in [0.25, 0.3) is 0 Å². The average Bonchev–Trinajstić information content (AvgIpc) is 3.20. The Hall–Kier alpha value is -3.16. The van der Waals surface area contributed by atoms with Crippen molar-refractivity contribution in [1.82, 2.24) is 15.1 Å². The monoisotopic (exact) mass is 369 g/mol. The van der Waals surface area contributed by atoms with E-state index in [1.165, 1.54) is 0 Å². The van der Waals surface area contributed by atoms with Crippen LogP contribution >= 0.6 is 0 Å². The molecule has 8 nitrogen and oxygen atoms in total. The molecular formula is C19H23N5O3. The van der Waals surface area contributed by atoms with Gasteiger partial charge in [-0.3, -0.25) is 19.1 Å². The lowest BCUT2D eigenvalue weighted by Gasteiger charge is -2.16. The molecule has 2 heterocycles. The standard InChI is InChI=1S/C19H23N5O3/c1-13-11-14(2)24(22-13)10-8-20-18(26)19(27)21-15-5-3-6-16(12-15)23-9-4-7-17(23)25/h3,5-6,11-12H,4,7-10H2,1-2H3,(H,20,26)(H,21,27). The topological polar surface area (TPSA) is 96.3 Å². The van der Waals surface area contributed by atoms with Crippen LogP contribution < -0.4 is 15.5 Å². The van der Waals surface area contributed by atoms with Gasteiger partial charge in [-0.1, -0.05) is 6.07 Å². The summed E-state index contributed by atoms with van der Waals surface area (Å²) in [7, 11) is 0. The van der Waals surface area contributed by atoms with Gasteiger partial charge < -0.3 is 15.5 Å². The number of hydrogen-bond acceptors (Lipinski definition) is 4. The van der Waals surface area contributed by atoms with Gasteiger partial charge in [0.2, 0.25) is 5.91 Å². The fraction of sp³-hybridized carbons (Fsp3) is 0.368. The van der Waals surface area contributed by atoms with Gasteiger partial charge in [-0.05, 0) is 44.5 Å². The lowest BCUT2D eigenvalue weighted by molar-refractivity contribution is -0.136. The molecule has 1 aromatic carbocycles. The molecule has 3 rings (SSSR count). The van der Waals surface area contributed by atoms with Crippen LogP contribution in [-0.2, 0) is 20.9 Å². The lowest BCUT2D eigenvalue weighted by atomic mass is 10.2.